The fourth-order valence-electron chi connectivity index (χ4n) is 3.03. The van der Waals surface area contributed by atoms with E-state index in [1.807, 2.05) is 45.0 Å². The molecule has 7 nitrogen and oxygen atoms in total. The first-order valence-corrected chi connectivity index (χ1v) is 12.8. The number of rotatable bonds is 9. The van der Waals surface area contributed by atoms with E-state index in [-0.39, 0.29) is 11.0 Å². The van der Waals surface area contributed by atoms with Crippen molar-refractivity contribution in [2.75, 3.05) is 10.8 Å². The number of hydrazone groups is 1. The number of carbonyl (C=O) groups is 1. The molecule has 0 saturated heterocycles. The predicted octanol–water partition coefficient (Wildman–Crippen LogP) is 4.89. The maximum atomic E-state index is 13.4. The van der Waals surface area contributed by atoms with E-state index in [0.29, 0.717) is 10.2 Å². The van der Waals surface area contributed by atoms with E-state index in [0.717, 1.165) is 21.2 Å². The van der Waals surface area contributed by atoms with Crippen LogP contribution in [0.1, 0.15) is 25.0 Å². The number of ether oxygens (including phenoxy) is 1. The summed E-state index contributed by atoms with van der Waals surface area (Å²) in [5, 5.41) is 3.97. The Morgan fingerprint density at radius 2 is 1.76 bits per heavy atom. The number of hydrogen-bond acceptors (Lipinski definition) is 5. The Morgan fingerprint density at radius 1 is 1.09 bits per heavy atom. The second-order valence-corrected chi connectivity index (χ2v) is 10.6. The number of benzene rings is 3. The lowest BCUT2D eigenvalue weighted by molar-refractivity contribution is -0.119. The zero-order valence-corrected chi connectivity index (χ0v) is 21.5. The third kappa shape index (κ3) is 6.91. The van der Waals surface area contributed by atoms with E-state index in [1.165, 1.54) is 18.3 Å². The van der Waals surface area contributed by atoms with Crippen LogP contribution in [0.3, 0.4) is 0 Å². The van der Waals surface area contributed by atoms with Crippen LogP contribution in [0.25, 0.3) is 0 Å². The van der Waals surface area contributed by atoms with Crippen molar-refractivity contribution in [1.29, 1.82) is 0 Å². The van der Waals surface area contributed by atoms with Gasteiger partial charge in [-0.3, -0.25) is 9.10 Å². The van der Waals surface area contributed by atoms with Crippen LogP contribution in [0, 0.1) is 6.92 Å². The van der Waals surface area contributed by atoms with Crippen LogP contribution in [-0.4, -0.2) is 33.2 Å². The minimum absolute atomic E-state index is 0.0724. The number of amides is 1. The SMILES string of the molecule is Cc1ccc(S(=O)(=O)N(CC(=O)N/N=C\c2ccc(OC(C)C)cc2)c2cccc(Br)c2)cc1. The van der Waals surface area contributed by atoms with E-state index in [1.54, 1.807) is 36.4 Å². The van der Waals surface area contributed by atoms with Crippen molar-refractivity contribution in [2.24, 2.45) is 5.10 Å². The summed E-state index contributed by atoms with van der Waals surface area (Å²) >= 11 is 3.36. The summed E-state index contributed by atoms with van der Waals surface area (Å²) < 4.78 is 34.1. The molecular weight excluding hydrogens is 518 g/mol. The highest BCUT2D eigenvalue weighted by Crippen LogP contribution is 2.26. The van der Waals surface area contributed by atoms with Gasteiger partial charge in [-0.05, 0) is 80.9 Å². The highest BCUT2D eigenvalue weighted by atomic mass is 79.9. The molecule has 0 aliphatic carbocycles. The minimum Gasteiger partial charge on any atom is -0.491 e. The summed E-state index contributed by atoms with van der Waals surface area (Å²) in [5.74, 6) is 0.161. The van der Waals surface area contributed by atoms with Gasteiger partial charge >= 0.3 is 0 Å². The standard InChI is InChI=1S/C25H26BrN3O4S/c1-18(2)33-23-11-9-20(10-12-23)16-27-28-25(30)17-29(22-6-4-5-21(26)15-22)34(31,32)24-13-7-19(3)8-14-24/h4-16,18H,17H2,1-3H3,(H,28,30)/b27-16-. The molecule has 0 unspecified atom stereocenters. The molecule has 178 valence electrons. The van der Waals surface area contributed by atoms with Gasteiger partial charge in [0.2, 0.25) is 0 Å². The van der Waals surface area contributed by atoms with Crippen LogP contribution >= 0.6 is 15.9 Å². The number of hydrogen-bond donors (Lipinski definition) is 1. The van der Waals surface area contributed by atoms with Crippen molar-refractivity contribution in [3.8, 4) is 5.75 Å². The molecule has 1 amide bonds. The van der Waals surface area contributed by atoms with Crippen LogP contribution in [-0.2, 0) is 14.8 Å². The van der Waals surface area contributed by atoms with Crippen molar-refractivity contribution in [2.45, 2.75) is 31.8 Å². The maximum absolute atomic E-state index is 13.4. The highest BCUT2D eigenvalue weighted by molar-refractivity contribution is 9.10. The molecule has 1 N–H and O–H groups in total. The van der Waals surface area contributed by atoms with E-state index >= 15 is 0 Å². The van der Waals surface area contributed by atoms with Crippen molar-refractivity contribution in [1.82, 2.24) is 5.43 Å². The Morgan fingerprint density at radius 3 is 2.38 bits per heavy atom. The van der Waals surface area contributed by atoms with Crippen molar-refractivity contribution < 1.29 is 17.9 Å². The molecule has 9 heteroatoms. The normalized spacial score (nSPS) is 11.6. The van der Waals surface area contributed by atoms with Crippen LogP contribution in [0.5, 0.6) is 5.75 Å². The molecule has 0 heterocycles. The summed E-state index contributed by atoms with van der Waals surface area (Å²) in [4.78, 5) is 12.7. The van der Waals surface area contributed by atoms with Crippen LogP contribution in [0.4, 0.5) is 5.69 Å². The molecule has 34 heavy (non-hydrogen) atoms. The van der Waals surface area contributed by atoms with Gasteiger partial charge in [0, 0.05) is 4.47 Å². The molecule has 3 aromatic carbocycles. The van der Waals surface area contributed by atoms with Gasteiger partial charge in [-0.2, -0.15) is 5.10 Å². The Hall–Kier alpha value is -3.17. The average Bonchev–Trinajstić information content (AvgIpc) is 2.78. The number of anilines is 1. The molecule has 3 rings (SSSR count). The topological polar surface area (TPSA) is 88.1 Å². The lowest BCUT2D eigenvalue weighted by Crippen LogP contribution is -2.39. The first-order chi connectivity index (χ1) is 16.1. The van der Waals surface area contributed by atoms with Gasteiger partial charge in [0.1, 0.15) is 12.3 Å². The fraction of sp³-hybridized carbons (Fsp3) is 0.200. The van der Waals surface area contributed by atoms with Gasteiger partial charge in [-0.25, -0.2) is 13.8 Å². The second kappa shape index (κ2) is 11.3. The summed E-state index contributed by atoms with van der Waals surface area (Å²) in [6.07, 6.45) is 1.55. The van der Waals surface area contributed by atoms with Crippen molar-refractivity contribution in [3.63, 3.8) is 0 Å². The molecular formula is C25H26BrN3O4S. The zero-order valence-electron chi connectivity index (χ0n) is 19.1. The predicted molar refractivity (Wildman–Crippen MR) is 138 cm³/mol. The first-order valence-electron chi connectivity index (χ1n) is 10.6. The average molecular weight is 544 g/mol. The van der Waals surface area contributed by atoms with Gasteiger partial charge in [-0.15, -0.1) is 0 Å². The van der Waals surface area contributed by atoms with Gasteiger partial charge in [0.25, 0.3) is 15.9 Å². The van der Waals surface area contributed by atoms with E-state index in [9.17, 15) is 13.2 Å². The molecule has 0 aliphatic rings. The molecule has 0 bridgehead atoms. The van der Waals surface area contributed by atoms with Gasteiger partial charge < -0.3 is 4.74 Å². The molecule has 3 aromatic rings. The van der Waals surface area contributed by atoms with Crippen molar-refractivity contribution in [3.05, 3.63) is 88.4 Å². The lowest BCUT2D eigenvalue weighted by atomic mass is 10.2. The maximum Gasteiger partial charge on any atom is 0.264 e. The number of nitrogens with one attached hydrogen (secondary N) is 1. The minimum atomic E-state index is -3.99. The van der Waals surface area contributed by atoms with Crippen molar-refractivity contribution >= 4 is 43.8 Å². The number of carbonyl (C=O) groups excluding carboxylic acids is 1. The van der Waals surface area contributed by atoms with Gasteiger partial charge in [0.15, 0.2) is 0 Å². The third-order valence-electron chi connectivity index (χ3n) is 4.65. The van der Waals surface area contributed by atoms with Gasteiger partial charge in [-0.1, -0.05) is 39.7 Å². The van der Waals surface area contributed by atoms with Gasteiger partial charge in [0.05, 0.1) is 22.9 Å². The Kier molecular flexibility index (Phi) is 8.46. The second-order valence-electron chi connectivity index (χ2n) is 7.83. The third-order valence-corrected chi connectivity index (χ3v) is 6.93. The molecule has 0 atom stereocenters. The van der Waals surface area contributed by atoms with Crippen LogP contribution in [0.2, 0.25) is 0 Å². The molecule has 0 radical (unpaired) electrons. The molecule has 0 aliphatic heterocycles. The summed E-state index contributed by atoms with van der Waals surface area (Å²) in [5.41, 5.74) is 4.45. The molecule has 0 aromatic heterocycles. The Labute approximate surface area is 208 Å². The number of sulfonamides is 1. The van der Waals surface area contributed by atoms with E-state index in [2.05, 4.69) is 26.5 Å². The smallest absolute Gasteiger partial charge is 0.264 e. The highest BCUT2D eigenvalue weighted by Gasteiger charge is 2.27. The van der Waals surface area contributed by atoms with E-state index < -0.39 is 22.5 Å². The Balaban J connectivity index is 1.76. The summed E-state index contributed by atoms with van der Waals surface area (Å²) in [6, 6.07) is 20.5. The fourth-order valence-corrected chi connectivity index (χ4v) is 4.83. The molecule has 0 fully saturated rings. The lowest BCUT2D eigenvalue weighted by Gasteiger charge is -2.24. The summed E-state index contributed by atoms with van der Waals surface area (Å²) in [7, 11) is -3.99. The summed E-state index contributed by atoms with van der Waals surface area (Å²) in [6.45, 7) is 5.33. The quantitative estimate of drug-likeness (QED) is 0.307. The Bertz CT molecular complexity index is 1260. The van der Waals surface area contributed by atoms with E-state index in [4.69, 9.17) is 4.74 Å². The monoisotopic (exact) mass is 543 g/mol. The van der Waals surface area contributed by atoms with Crippen LogP contribution in [0.15, 0.2) is 87.3 Å². The molecule has 0 spiro atoms. The zero-order chi connectivity index (χ0) is 24.7. The largest absolute Gasteiger partial charge is 0.491 e. The van der Waals surface area contributed by atoms with Crippen LogP contribution < -0.4 is 14.5 Å². The number of halogens is 1. The number of aryl methyl sites for hydroxylation is 1. The molecule has 0 saturated carbocycles. The first kappa shape index (κ1) is 25.5. The number of nitrogens with zero attached hydrogens (tertiary/aromatic N) is 2.